The predicted molar refractivity (Wildman–Crippen MR) is 52.1 cm³/mol. The lowest BCUT2D eigenvalue weighted by atomic mass is 10.1. The highest BCUT2D eigenvalue weighted by Crippen LogP contribution is 2.41. The molecule has 2 saturated heterocycles. The number of piperidine rings is 1. The van der Waals surface area contributed by atoms with Crippen molar-refractivity contribution in [2.45, 2.75) is 18.2 Å². The van der Waals surface area contributed by atoms with Crippen LogP contribution in [0.1, 0.15) is 6.42 Å². The van der Waals surface area contributed by atoms with Crippen molar-refractivity contribution in [1.29, 1.82) is 0 Å². The highest BCUT2D eigenvalue weighted by molar-refractivity contribution is 5.99. The molecule has 0 aromatic heterocycles. The maximum absolute atomic E-state index is 11.2. The van der Waals surface area contributed by atoms with Crippen LogP contribution >= 0.6 is 0 Å². The molecule has 3 rings (SSSR count). The molecular weight excluding hydrogens is 194 g/mol. The van der Waals surface area contributed by atoms with Crippen molar-refractivity contribution in [1.82, 2.24) is 4.90 Å². The molecule has 0 radical (unpaired) electrons. The lowest BCUT2D eigenvalue weighted by molar-refractivity contribution is -0.140. The lowest BCUT2D eigenvalue weighted by Crippen LogP contribution is -2.40. The molecule has 2 heterocycles. The van der Waals surface area contributed by atoms with Crippen LogP contribution in [0.4, 0.5) is 0 Å². The molecule has 0 bridgehead atoms. The van der Waals surface area contributed by atoms with Gasteiger partial charge in [-0.1, -0.05) is 18.2 Å². The molecule has 0 aliphatic carbocycles. The molecule has 4 nitrogen and oxygen atoms in total. The molecular formula is C11H11NO3. The second-order valence-corrected chi connectivity index (χ2v) is 3.94. The standard InChI is InChI=1S/C11H11NO3/c13-10-9-11(14,6-7-12(9)10)15-8-4-2-1-3-5-8/h1-5,9,14H,6-7H2. The van der Waals surface area contributed by atoms with Crippen LogP contribution in [0.25, 0.3) is 0 Å². The van der Waals surface area contributed by atoms with Crippen molar-refractivity contribution in [2.75, 3.05) is 6.54 Å². The Morgan fingerprint density at radius 1 is 1.40 bits per heavy atom. The largest absolute Gasteiger partial charge is 0.460 e. The summed E-state index contributed by atoms with van der Waals surface area (Å²) in [5.74, 6) is -0.737. The summed E-state index contributed by atoms with van der Waals surface area (Å²) in [6, 6.07) is 8.64. The molecule has 2 atom stereocenters. The molecule has 4 heteroatoms. The average Bonchev–Trinajstić information content (AvgIpc) is 2.75. The molecule has 0 saturated carbocycles. The van der Waals surface area contributed by atoms with Crippen LogP contribution in [0.15, 0.2) is 30.3 Å². The highest BCUT2D eigenvalue weighted by Gasteiger charge is 2.66. The fourth-order valence-electron chi connectivity index (χ4n) is 2.11. The number of fused-ring (bicyclic) bond motifs is 1. The number of hydrogen-bond donors (Lipinski definition) is 1. The zero-order valence-electron chi connectivity index (χ0n) is 8.09. The number of nitrogens with zero attached hydrogens (tertiary/aromatic N) is 1. The first-order valence-electron chi connectivity index (χ1n) is 4.98. The summed E-state index contributed by atoms with van der Waals surface area (Å²) in [6.07, 6.45) is 0.484. The molecule has 1 aromatic rings. The lowest BCUT2D eigenvalue weighted by Gasteiger charge is -2.23. The van der Waals surface area contributed by atoms with Crippen molar-refractivity contribution < 1.29 is 14.6 Å². The first-order chi connectivity index (χ1) is 7.21. The Morgan fingerprint density at radius 3 is 2.73 bits per heavy atom. The van der Waals surface area contributed by atoms with Crippen molar-refractivity contribution in [2.24, 2.45) is 0 Å². The number of aliphatic hydroxyl groups is 1. The van der Waals surface area contributed by atoms with Crippen molar-refractivity contribution in [3.05, 3.63) is 30.3 Å². The first-order valence-corrected chi connectivity index (χ1v) is 4.98. The average molecular weight is 205 g/mol. The van der Waals surface area contributed by atoms with Gasteiger partial charge in [0.15, 0.2) is 6.04 Å². The van der Waals surface area contributed by atoms with E-state index < -0.39 is 11.8 Å². The predicted octanol–water partition coefficient (Wildman–Crippen LogP) is 0.368. The number of carbonyl (C=O) groups is 1. The Labute approximate surface area is 87.1 Å². The molecule has 78 valence electrons. The fraction of sp³-hybridized carbons (Fsp3) is 0.364. The van der Waals surface area contributed by atoms with Gasteiger partial charge in [0, 0.05) is 13.0 Å². The minimum atomic E-state index is -1.32. The Morgan fingerprint density at radius 2 is 2.13 bits per heavy atom. The number of amides is 1. The number of para-hydroxylation sites is 1. The molecule has 0 spiro atoms. The van der Waals surface area contributed by atoms with Crippen molar-refractivity contribution in [3.63, 3.8) is 0 Å². The number of benzene rings is 1. The van der Waals surface area contributed by atoms with Crippen molar-refractivity contribution >= 4 is 5.91 Å². The third-order valence-corrected chi connectivity index (χ3v) is 2.94. The van der Waals surface area contributed by atoms with E-state index in [4.69, 9.17) is 4.74 Å². The molecule has 1 N–H and O–H groups in total. The van der Waals surface area contributed by atoms with Crippen LogP contribution in [0.5, 0.6) is 5.75 Å². The topological polar surface area (TPSA) is 49.5 Å². The number of rotatable bonds is 2. The third kappa shape index (κ3) is 1.22. The Bertz CT molecular complexity index is 406. The zero-order chi connectivity index (χ0) is 10.5. The summed E-state index contributed by atoms with van der Waals surface area (Å²) in [6.45, 7) is 0.590. The van der Waals surface area contributed by atoms with E-state index in [0.29, 0.717) is 18.7 Å². The molecule has 1 aromatic carbocycles. The number of hydrogen-bond acceptors (Lipinski definition) is 3. The SMILES string of the molecule is O=C1C2N1CCC2(O)Oc1ccccc1. The number of ether oxygens (including phenoxy) is 1. The van der Waals surface area contributed by atoms with Crippen molar-refractivity contribution in [3.8, 4) is 5.75 Å². The molecule has 2 aliphatic rings. The smallest absolute Gasteiger partial charge is 0.253 e. The fourth-order valence-corrected chi connectivity index (χ4v) is 2.11. The Balaban J connectivity index is 1.81. The second kappa shape index (κ2) is 2.73. The molecule has 2 unspecified atom stereocenters. The van der Waals surface area contributed by atoms with Gasteiger partial charge in [0.1, 0.15) is 5.75 Å². The third-order valence-electron chi connectivity index (χ3n) is 2.94. The molecule has 15 heavy (non-hydrogen) atoms. The zero-order valence-corrected chi connectivity index (χ0v) is 8.09. The maximum Gasteiger partial charge on any atom is 0.253 e. The quantitative estimate of drug-likeness (QED) is 0.560. The van der Waals surface area contributed by atoms with Crippen LogP contribution in [0, 0.1) is 0 Å². The van der Waals surface area contributed by atoms with Gasteiger partial charge in [-0.15, -0.1) is 0 Å². The van der Waals surface area contributed by atoms with Crippen LogP contribution in [-0.4, -0.2) is 34.3 Å². The van der Waals surface area contributed by atoms with Gasteiger partial charge in [0.2, 0.25) is 5.79 Å². The Kier molecular flexibility index (Phi) is 1.59. The summed E-state index contributed by atoms with van der Waals surface area (Å²) in [5, 5.41) is 10.1. The highest BCUT2D eigenvalue weighted by atomic mass is 16.6. The van der Waals surface area contributed by atoms with Gasteiger partial charge in [-0.05, 0) is 12.1 Å². The number of carbonyl (C=O) groups excluding carboxylic acids is 1. The molecule has 2 fully saturated rings. The van der Waals surface area contributed by atoms with Crippen LogP contribution in [0.2, 0.25) is 0 Å². The normalized spacial score (nSPS) is 32.7. The van der Waals surface area contributed by atoms with E-state index in [9.17, 15) is 9.90 Å². The molecule has 1 amide bonds. The van der Waals surface area contributed by atoms with Gasteiger partial charge >= 0.3 is 0 Å². The van der Waals surface area contributed by atoms with Gasteiger partial charge < -0.3 is 14.7 Å². The van der Waals surface area contributed by atoms with Gasteiger partial charge in [-0.3, -0.25) is 4.79 Å². The van der Waals surface area contributed by atoms with Gasteiger partial charge in [0.25, 0.3) is 5.91 Å². The summed E-state index contributed by atoms with van der Waals surface area (Å²) in [5.41, 5.74) is 0. The van der Waals surface area contributed by atoms with Gasteiger partial charge in [-0.2, -0.15) is 0 Å². The van der Waals surface area contributed by atoms with E-state index >= 15 is 0 Å². The summed E-state index contributed by atoms with van der Waals surface area (Å²) in [4.78, 5) is 12.8. The van der Waals surface area contributed by atoms with Crippen LogP contribution in [0.3, 0.4) is 0 Å². The summed E-state index contributed by atoms with van der Waals surface area (Å²) in [7, 11) is 0. The summed E-state index contributed by atoms with van der Waals surface area (Å²) < 4.78 is 5.48. The summed E-state index contributed by atoms with van der Waals surface area (Å²) >= 11 is 0. The Hall–Kier alpha value is -1.55. The maximum atomic E-state index is 11.2. The minimum Gasteiger partial charge on any atom is -0.460 e. The van der Waals surface area contributed by atoms with Crippen LogP contribution in [-0.2, 0) is 4.79 Å². The minimum absolute atomic E-state index is 0.0142. The van der Waals surface area contributed by atoms with E-state index in [2.05, 4.69) is 0 Å². The van der Waals surface area contributed by atoms with E-state index in [1.54, 1.807) is 17.0 Å². The monoisotopic (exact) mass is 205 g/mol. The van der Waals surface area contributed by atoms with Gasteiger partial charge in [-0.25, -0.2) is 0 Å². The van der Waals surface area contributed by atoms with E-state index in [1.807, 2.05) is 18.2 Å². The second-order valence-electron chi connectivity index (χ2n) is 3.94. The van der Waals surface area contributed by atoms with E-state index in [0.717, 1.165) is 0 Å². The van der Waals surface area contributed by atoms with Gasteiger partial charge in [0.05, 0.1) is 0 Å². The molecule has 2 aliphatic heterocycles. The van der Waals surface area contributed by atoms with E-state index in [-0.39, 0.29) is 5.91 Å². The van der Waals surface area contributed by atoms with Crippen LogP contribution < -0.4 is 4.74 Å². The van der Waals surface area contributed by atoms with E-state index in [1.165, 1.54) is 0 Å². The first kappa shape index (κ1) is 8.73.